The molecular weight excluding hydrogens is 384 g/mol. The fourth-order valence-electron chi connectivity index (χ4n) is 3.11. The van der Waals surface area contributed by atoms with Crippen LogP contribution in [0.4, 0.5) is 0 Å². The van der Waals surface area contributed by atoms with Gasteiger partial charge in [-0.25, -0.2) is 0 Å². The highest BCUT2D eigenvalue weighted by molar-refractivity contribution is 5.91. The summed E-state index contributed by atoms with van der Waals surface area (Å²) in [6.07, 6.45) is 0. The van der Waals surface area contributed by atoms with Gasteiger partial charge in [0.2, 0.25) is 22.7 Å². The van der Waals surface area contributed by atoms with E-state index in [1.807, 2.05) is 0 Å². The van der Waals surface area contributed by atoms with E-state index in [0.717, 1.165) is 0 Å². The van der Waals surface area contributed by atoms with E-state index < -0.39 is 5.43 Å². The zero-order valence-corrected chi connectivity index (χ0v) is 16.5. The summed E-state index contributed by atoms with van der Waals surface area (Å²) < 4.78 is 31.9. The SMILES string of the molecule is COc1cc(-c2oc3cc(O)c(OC)c(OC)c3c(=O)c2OC)cc(O)c1OC. The van der Waals surface area contributed by atoms with Gasteiger partial charge in [-0.15, -0.1) is 0 Å². The van der Waals surface area contributed by atoms with Crippen molar-refractivity contribution in [1.82, 2.24) is 0 Å². The van der Waals surface area contributed by atoms with Crippen molar-refractivity contribution in [2.75, 3.05) is 35.5 Å². The monoisotopic (exact) mass is 404 g/mol. The summed E-state index contributed by atoms with van der Waals surface area (Å²) in [5.41, 5.74) is -0.214. The molecule has 29 heavy (non-hydrogen) atoms. The molecule has 0 amide bonds. The molecule has 3 aromatic rings. The maximum atomic E-state index is 13.2. The number of benzene rings is 2. The number of hydrogen-bond donors (Lipinski definition) is 2. The number of aromatic hydroxyl groups is 2. The van der Waals surface area contributed by atoms with E-state index in [1.165, 1.54) is 53.7 Å². The second-order valence-electron chi connectivity index (χ2n) is 5.86. The van der Waals surface area contributed by atoms with Crippen LogP contribution in [0.5, 0.6) is 40.2 Å². The van der Waals surface area contributed by atoms with Crippen LogP contribution in [0.1, 0.15) is 0 Å². The standard InChI is InChI=1S/C20H20O9/c1-24-13-7-9(6-10(21)17(13)25-2)16-20(28-5)15(23)14-12(29-16)8-11(22)18(26-3)19(14)27-4/h6-8,21-22H,1-5H3. The Labute approximate surface area is 165 Å². The third-order valence-electron chi connectivity index (χ3n) is 4.37. The number of ether oxygens (including phenoxy) is 5. The normalized spacial score (nSPS) is 10.7. The average molecular weight is 404 g/mol. The molecule has 0 fully saturated rings. The largest absolute Gasteiger partial charge is 0.504 e. The second kappa shape index (κ2) is 7.70. The first kappa shape index (κ1) is 20.0. The molecule has 0 aliphatic carbocycles. The lowest BCUT2D eigenvalue weighted by atomic mass is 10.1. The summed E-state index contributed by atoms with van der Waals surface area (Å²) in [5.74, 6) is -0.247. The highest BCUT2D eigenvalue weighted by atomic mass is 16.5. The van der Waals surface area contributed by atoms with Gasteiger partial charge in [-0.2, -0.15) is 0 Å². The molecule has 2 aromatic carbocycles. The minimum atomic E-state index is -0.548. The highest BCUT2D eigenvalue weighted by Gasteiger charge is 2.25. The van der Waals surface area contributed by atoms with Gasteiger partial charge in [-0.05, 0) is 12.1 Å². The van der Waals surface area contributed by atoms with Crippen LogP contribution < -0.4 is 29.1 Å². The van der Waals surface area contributed by atoms with E-state index in [0.29, 0.717) is 5.56 Å². The highest BCUT2D eigenvalue weighted by Crippen LogP contribution is 2.46. The average Bonchev–Trinajstić information content (AvgIpc) is 2.71. The molecule has 0 unspecified atom stereocenters. The zero-order valence-electron chi connectivity index (χ0n) is 16.5. The minimum Gasteiger partial charge on any atom is -0.504 e. The summed E-state index contributed by atoms with van der Waals surface area (Å²) in [4.78, 5) is 13.2. The number of fused-ring (bicyclic) bond motifs is 1. The van der Waals surface area contributed by atoms with E-state index in [2.05, 4.69) is 0 Å². The van der Waals surface area contributed by atoms with Crippen molar-refractivity contribution >= 4 is 11.0 Å². The quantitative estimate of drug-likeness (QED) is 0.639. The molecule has 0 saturated heterocycles. The van der Waals surface area contributed by atoms with Crippen molar-refractivity contribution in [2.45, 2.75) is 0 Å². The Balaban J connectivity index is 2.42. The maximum absolute atomic E-state index is 13.2. The lowest BCUT2D eigenvalue weighted by Crippen LogP contribution is -2.09. The smallest absolute Gasteiger partial charge is 0.239 e. The zero-order chi connectivity index (χ0) is 21.3. The number of methoxy groups -OCH3 is 5. The van der Waals surface area contributed by atoms with E-state index in [-0.39, 0.29) is 57.0 Å². The number of hydrogen-bond acceptors (Lipinski definition) is 9. The number of rotatable bonds is 6. The molecule has 0 bridgehead atoms. The van der Waals surface area contributed by atoms with Crippen molar-refractivity contribution in [2.24, 2.45) is 0 Å². The molecule has 2 N–H and O–H groups in total. The fraction of sp³-hybridized carbons (Fsp3) is 0.250. The first-order valence-corrected chi connectivity index (χ1v) is 8.35. The lowest BCUT2D eigenvalue weighted by Gasteiger charge is -2.15. The fourth-order valence-corrected chi connectivity index (χ4v) is 3.11. The molecule has 154 valence electrons. The first-order chi connectivity index (χ1) is 13.9. The van der Waals surface area contributed by atoms with E-state index in [4.69, 9.17) is 28.1 Å². The van der Waals surface area contributed by atoms with Crippen LogP contribution in [0.2, 0.25) is 0 Å². The Morgan fingerprint density at radius 2 is 1.31 bits per heavy atom. The van der Waals surface area contributed by atoms with Crippen LogP contribution in [0.15, 0.2) is 27.4 Å². The van der Waals surface area contributed by atoms with Gasteiger partial charge in [0.15, 0.2) is 28.8 Å². The van der Waals surface area contributed by atoms with Crippen molar-refractivity contribution in [3.05, 3.63) is 28.4 Å². The summed E-state index contributed by atoms with van der Waals surface area (Å²) in [6, 6.07) is 4.10. The molecule has 0 saturated carbocycles. The Hall–Kier alpha value is -3.75. The van der Waals surface area contributed by atoms with Crippen molar-refractivity contribution in [1.29, 1.82) is 0 Å². The van der Waals surface area contributed by atoms with Crippen molar-refractivity contribution in [3.8, 4) is 51.6 Å². The van der Waals surface area contributed by atoms with E-state index >= 15 is 0 Å². The summed E-state index contributed by atoms with van der Waals surface area (Å²) >= 11 is 0. The maximum Gasteiger partial charge on any atom is 0.239 e. The summed E-state index contributed by atoms with van der Waals surface area (Å²) in [7, 11) is 6.78. The molecule has 0 atom stereocenters. The summed E-state index contributed by atoms with van der Waals surface area (Å²) in [6.45, 7) is 0. The Morgan fingerprint density at radius 3 is 1.86 bits per heavy atom. The van der Waals surface area contributed by atoms with Crippen LogP contribution in [-0.4, -0.2) is 45.8 Å². The van der Waals surface area contributed by atoms with Gasteiger partial charge in [0.1, 0.15) is 11.0 Å². The van der Waals surface area contributed by atoms with Crippen molar-refractivity contribution in [3.63, 3.8) is 0 Å². The third kappa shape index (κ3) is 3.10. The van der Waals surface area contributed by atoms with Crippen LogP contribution in [0, 0.1) is 0 Å². The lowest BCUT2D eigenvalue weighted by molar-refractivity contribution is 0.332. The molecule has 1 aromatic heterocycles. The van der Waals surface area contributed by atoms with Crippen LogP contribution in [-0.2, 0) is 0 Å². The van der Waals surface area contributed by atoms with Gasteiger partial charge < -0.3 is 38.3 Å². The molecule has 1 heterocycles. The van der Waals surface area contributed by atoms with Gasteiger partial charge in [0.05, 0.1) is 35.5 Å². The van der Waals surface area contributed by atoms with Gasteiger partial charge in [0, 0.05) is 11.6 Å². The first-order valence-electron chi connectivity index (χ1n) is 8.35. The van der Waals surface area contributed by atoms with Gasteiger partial charge >= 0.3 is 0 Å². The minimum absolute atomic E-state index is 0.00846. The predicted octanol–water partition coefficient (Wildman–Crippen LogP) is 2.91. The molecule has 0 radical (unpaired) electrons. The Kier molecular flexibility index (Phi) is 5.31. The Morgan fingerprint density at radius 1 is 0.724 bits per heavy atom. The molecule has 3 rings (SSSR count). The van der Waals surface area contributed by atoms with Crippen LogP contribution in [0.25, 0.3) is 22.3 Å². The van der Waals surface area contributed by atoms with E-state index in [1.54, 1.807) is 0 Å². The van der Waals surface area contributed by atoms with Gasteiger partial charge in [-0.1, -0.05) is 0 Å². The molecule has 9 nitrogen and oxygen atoms in total. The topological polar surface area (TPSA) is 117 Å². The van der Waals surface area contributed by atoms with Gasteiger partial charge in [-0.3, -0.25) is 4.79 Å². The predicted molar refractivity (Wildman–Crippen MR) is 104 cm³/mol. The molecule has 0 aliphatic heterocycles. The second-order valence-corrected chi connectivity index (χ2v) is 5.86. The van der Waals surface area contributed by atoms with Gasteiger partial charge in [0.25, 0.3) is 0 Å². The molecular formula is C20H20O9. The van der Waals surface area contributed by atoms with Crippen LogP contribution in [0.3, 0.4) is 0 Å². The Bertz CT molecular complexity index is 1130. The molecule has 0 aliphatic rings. The van der Waals surface area contributed by atoms with Crippen LogP contribution >= 0.6 is 0 Å². The molecule has 9 heteroatoms. The summed E-state index contributed by atoms with van der Waals surface area (Å²) in [5, 5.41) is 20.5. The number of phenols is 2. The van der Waals surface area contributed by atoms with Crippen molar-refractivity contribution < 1.29 is 38.3 Å². The van der Waals surface area contributed by atoms with E-state index in [9.17, 15) is 15.0 Å². The molecule has 0 spiro atoms. The number of phenolic OH excluding ortho intramolecular Hbond substituents is 2. The third-order valence-corrected chi connectivity index (χ3v) is 4.37.